The Morgan fingerprint density at radius 1 is 1.24 bits per heavy atom. The van der Waals surface area contributed by atoms with E-state index in [4.69, 9.17) is 5.73 Å². The molecule has 17 heavy (non-hydrogen) atoms. The van der Waals surface area contributed by atoms with Crippen molar-refractivity contribution >= 4 is 0 Å². The van der Waals surface area contributed by atoms with E-state index >= 15 is 0 Å². The number of pyridine rings is 1. The standard InChI is InChI=1S/C14H25N3/c1-4-14(15,5-2)12-17(3)11-8-13-6-9-16-10-7-13/h6-7,9-10H,4-5,8,11-12,15H2,1-3H3. The van der Waals surface area contributed by atoms with Crippen molar-refractivity contribution < 1.29 is 0 Å². The first-order valence-electron chi connectivity index (χ1n) is 6.46. The summed E-state index contributed by atoms with van der Waals surface area (Å²) in [6, 6.07) is 4.15. The summed E-state index contributed by atoms with van der Waals surface area (Å²) in [5.74, 6) is 0. The molecule has 0 amide bonds. The molecular weight excluding hydrogens is 210 g/mol. The molecule has 0 unspecified atom stereocenters. The lowest BCUT2D eigenvalue weighted by Crippen LogP contribution is -2.48. The predicted molar refractivity (Wildman–Crippen MR) is 72.9 cm³/mol. The van der Waals surface area contributed by atoms with Gasteiger partial charge >= 0.3 is 0 Å². The van der Waals surface area contributed by atoms with Crippen LogP contribution in [0, 0.1) is 0 Å². The molecule has 0 radical (unpaired) electrons. The minimum Gasteiger partial charge on any atom is -0.324 e. The van der Waals surface area contributed by atoms with Gasteiger partial charge in [0.2, 0.25) is 0 Å². The molecule has 0 aliphatic rings. The van der Waals surface area contributed by atoms with Crippen LogP contribution in [-0.4, -0.2) is 35.6 Å². The van der Waals surface area contributed by atoms with Crippen molar-refractivity contribution in [2.75, 3.05) is 20.1 Å². The number of nitrogens with two attached hydrogens (primary N) is 1. The third-order valence-corrected chi connectivity index (χ3v) is 3.52. The molecule has 3 nitrogen and oxygen atoms in total. The quantitative estimate of drug-likeness (QED) is 0.786. The van der Waals surface area contributed by atoms with Crippen LogP contribution in [-0.2, 0) is 6.42 Å². The van der Waals surface area contributed by atoms with Crippen molar-refractivity contribution in [3.63, 3.8) is 0 Å². The van der Waals surface area contributed by atoms with Crippen molar-refractivity contribution in [1.29, 1.82) is 0 Å². The number of likely N-dealkylation sites (N-methyl/N-ethyl adjacent to an activating group) is 1. The van der Waals surface area contributed by atoms with Crippen LogP contribution < -0.4 is 5.73 Å². The zero-order valence-electron chi connectivity index (χ0n) is 11.3. The lowest BCUT2D eigenvalue weighted by atomic mass is 9.93. The maximum atomic E-state index is 6.31. The van der Waals surface area contributed by atoms with Gasteiger partial charge in [0, 0.05) is 31.0 Å². The van der Waals surface area contributed by atoms with Crippen molar-refractivity contribution in [3.05, 3.63) is 30.1 Å². The highest BCUT2D eigenvalue weighted by atomic mass is 15.1. The van der Waals surface area contributed by atoms with Gasteiger partial charge in [0.25, 0.3) is 0 Å². The van der Waals surface area contributed by atoms with E-state index in [1.807, 2.05) is 12.4 Å². The summed E-state index contributed by atoms with van der Waals surface area (Å²) in [7, 11) is 2.15. The van der Waals surface area contributed by atoms with E-state index in [9.17, 15) is 0 Å². The maximum Gasteiger partial charge on any atom is 0.0278 e. The third kappa shape index (κ3) is 4.84. The van der Waals surface area contributed by atoms with Crippen LogP contribution in [0.15, 0.2) is 24.5 Å². The maximum absolute atomic E-state index is 6.31. The molecule has 0 atom stereocenters. The summed E-state index contributed by atoms with van der Waals surface area (Å²) >= 11 is 0. The van der Waals surface area contributed by atoms with E-state index in [-0.39, 0.29) is 5.54 Å². The van der Waals surface area contributed by atoms with Crippen LogP contribution >= 0.6 is 0 Å². The molecular formula is C14H25N3. The van der Waals surface area contributed by atoms with Gasteiger partial charge in [-0.3, -0.25) is 4.98 Å². The fourth-order valence-corrected chi connectivity index (χ4v) is 1.96. The molecule has 0 aliphatic heterocycles. The zero-order chi connectivity index (χ0) is 12.7. The Kier molecular flexibility index (Phi) is 5.59. The number of hydrogen-bond donors (Lipinski definition) is 1. The molecule has 0 bridgehead atoms. The average Bonchev–Trinajstić information content (AvgIpc) is 2.37. The Morgan fingerprint density at radius 3 is 2.35 bits per heavy atom. The van der Waals surface area contributed by atoms with E-state index in [2.05, 4.69) is 42.9 Å². The third-order valence-electron chi connectivity index (χ3n) is 3.52. The van der Waals surface area contributed by atoms with Crippen LogP contribution in [0.2, 0.25) is 0 Å². The monoisotopic (exact) mass is 235 g/mol. The molecule has 0 spiro atoms. The van der Waals surface area contributed by atoms with Crippen LogP contribution in [0.3, 0.4) is 0 Å². The topological polar surface area (TPSA) is 42.1 Å². The molecule has 3 heteroatoms. The molecule has 1 aromatic rings. The molecule has 0 aliphatic carbocycles. The minimum atomic E-state index is -0.0347. The first-order chi connectivity index (χ1) is 8.09. The largest absolute Gasteiger partial charge is 0.324 e. The van der Waals surface area contributed by atoms with Crippen molar-refractivity contribution in [1.82, 2.24) is 9.88 Å². The van der Waals surface area contributed by atoms with E-state index in [1.165, 1.54) is 5.56 Å². The Bertz CT molecular complexity index is 307. The van der Waals surface area contributed by atoms with Crippen molar-refractivity contribution in [3.8, 4) is 0 Å². The highest BCUT2D eigenvalue weighted by Gasteiger charge is 2.21. The Labute approximate surface area is 105 Å². The van der Waals surface area contributed by atoms with E-state index in [0.717, 1.165) is 32.4 Å². The highest BCUT2D eigenvalue weighted by molar-refractivity contribution is 5.09. The van der Waals surface area contributed by atoms with Gasteiger partial charge in [-0.05, 0) is 44.0 Å². The molecule has 0 saturated carbocycles. The Hall–Kier alpha value is -0.930. The predicted octanol–water partition coefficient (Wildman–Crippen LogP) is 2.07. The highest BCUT2D eigenvalue weighted by Crippen LogP contribution is 2.12. The molecule has 0 aromatic carbocycles. The molecule has 0 fully saturated rings. The summed E-state index contributed by atoms with van der Waals surface area (Å²) in [6.07, 6.45) is 6.82. The van der Waals surface area contributed by atoms with Crippen molar-refractivity contribution in [2.45, 2.75) is 38.6 Å². The lowest BCUT2D eigenvalue weighted by Gasteiger charge is -2.32. The SMILES string of the molecule is CCC(N)(CC)CN(C)CCc1ccncc1. The zero-order valence-corrected chi connectivity index (χ0v) is 11.3. The first-order valence-corrected chi connectivity index (χ1v) is 6.46. The van der Waals surface area contributed by atoms with E-state index in [1.54, 1.807) is 0 Å². The molecule has 2 N–H and O–H groups in total. The van der Waals surface area contributed by atoms with Gasteiger partial charge in [-0.15, -0.1) is 0 Å². The average molecular weight is 235 g/mol. The fraction of sp³-hybridized carbons (Fsp3) is 0.643. The smallest absolute Gasteiger partial charge is 0.0278 e. The van der Waals surface area contributed by atoms with Crippen LogP contribution in [0.5, 0.6) is 0 Å². The molecule has 0 saturated heterocycles. The summed E-state index contributed by atoms with van der Waals surface area (Å²) in [6.45, 7) is 6.34. The van der Waals surface area contributed by atoms with Gasteiger partial charge in [-0.2, -0.15) is 0 Å². The molecule has 1 rings (SSSR count). The van der Waals surface area contributed by atoms with Gasteiger partial charge in [-0.25, -0.2) is 0 Å². The fourth-order valence-electron chi connectivity index (χ4n) is 1.96. The molecule has 1 heterocycles. The van der Waals surface area contributed by atoms with E-state index in [0.29, 0.717) is 0 Å². The Morgan fingerprint density at radius 2 is 1.82 bits per heavy atom. The van der Waals surface area contributed by atoms with Crippen molar-refractivity contribution in [2.24, 2.45) is 5.73 Å². The second kappa shape index (κ2) is 6.72. The molecule has 1 aromatic heterocycles. The van der Waals surface area contributed by atoms with Gasteiger partial charge in [0.05, 0.1) is 0 Å². The Balaban J connectivity index is 2.37. The van der Waals surface area contributed by atoms with Crippen LogP contribution in [0.1, 0.15) is 32.3 Å². The summed E-state index contributed by atoms with van der Waals surface area (Å²) < 4.78 is 0. The number of rotatable bonds is 7. The number of aromatic nitrogens is 1. The number of hydrogen-bond acceptors (Lipinski definition) is 3. The lowest BCUT2D eigenvalue weighted by molar-refractivity contribution is 0.236. The first kappa shape index (κ1) is 14.1. The number of nitrogens with zero attached hydrogens (tertiary/aromatic N) is 2. The summed E-state index contributed by atoms with van der Waals surface area (Å²) in [5, 5.41) is 0. The van der Waals surface area contributed by atoms with Gasteiger partial charge in [0.15, 0.2) is 0 Å². The second-order valence-electron chi connectivity index (χ2n) is 4.91. The molecule has 96 valence electrons. The van der Waals surface area contributed by atoms with Gasteiger partial charge < -0.3 is 10.6 Å². The van der Waals surface area contributed by atoms with Gasteiger partial charge in [0.1, 0.15) is 0 Å². The van der Waals surface area contributed by atoms with Crippen LogP contribution in [0.4, 0.5) is 0 Å². The second-order valence-corrected chi connectivity index (χ2v) is 4.91. The van der Waals surface area contributed by atoms with Gasteiger partial charge in [-0.1, -0.05) is 13.8 Å². The normalized spacial score (nSPS) is 12.1. The summed E-state index contributed by atoms with van der Waals surface area (Å²) in [4.78, 5) is 6.35. The minimum absolute atomic E-state index is 0.0347. The van der Waals surface area contributed by atoms with E-state index < -0.39 is 0 Å². The summed E-state index contributed by atoms with van der Waals surface area (Å²) in [5.41, 5.74) is 7.62. The van der Waals surface area contributed by atoms with Crippen LogP contribution in [0.25, 0.3) is 0 Å².